The monoisotopic (exact) mass is 483 g/mol. The van der Waals surface area contributed by atoms with Crippen LogP contribution in [0.25, 0.3) is 0 Å². The molecule has 172 valence electrons. The number of nitro benzene ring substituents is 1. The first-order valence-corrected chi connectivity index (χ1v) is 11.4. The third kappa shape index (κ3) is 5.81. The van der Waals surface area contributed by atoms with E-state index in [4.69, 9.17) is 16.3 Å². The minimum atomic E-state index is -3.78. The molecule has 1 amide bonds. The number of carbonyl (C=O) groups excluding carboxylic acids is 2. The van der Waals surface area contributed by atoms with Crippen LogP contribution in [0, 0.1) is 10.1 Å². The number of nitro groups is 1. The van der Waals surface area contributed by atoms with Gasteiger partial charge in [0.1, 0.15) is 0 Å². The van der Waals surface area contributed by atoms with Crippen LogP contribution < -0.4 is 5.32 Å². The Morgan fingerprint density at radius 3 is 2.44 bits per heavy atom. The Bertz CT molecular complexity index is 1130. The van der Waals surface area contributed by atoms with E-state index >= 15 is 0 Å². The van der Waals surface area contributed by atoms with E-state index in [0.717, 1.165) is 6.07 Å². The van der Waals surface area contributed by atoms with E-state index in [2.05, 4.69) is 5.32 Å². The summed E-state index contributed by atoms with van der Waals surface area (Å²) in [6.07, 6.45) is -1.29. The molecule has 2 rings (SSSR count). The van der Waals surface area contributed by atoms with Crippen molar-refractivity contribution in [2.24, 2.45) is 0 Å². The maximum atomic E-state index is 12.7. The number of esters is 1. The number of halogens is 1. The summed E-state index contributed by atoms with van der Waals surface area (Å²) < 4.78 is 31.7. The van der Waals surface area contributed by atoms with E-state index in [1.165, 1.54) is 47.6 Å². The molecule has 0 heterocycles. The molecule has 1 unspecified atom stereocenters. The fourth-order valence-corrected chi connectivity index (χ4v) is 4.39. The number of ether oxygens (including phenoxy) is 1. The minimum Gasteiger partial charge on any atom is -0.449 e. The number of anilines is 1. The minimum absolute atomic E-state index is 0.0307. The zero-order valence-corrected chi connectivity index (χ0v) is 19.1. The second-order valence-electron chi connectivity index (χ2n) is 6.58. The summed E-state index contributed by atoms with van der Waals surface area (Å²) in [6, 6.07) is 8.78. The number of nitrogens with one attached hydrogen (secondary N) is 1. The van der Waals surface area contributed by atoms with Gasteiger partial charge in [0, 0.05) is 25.2 Å². The van der Waals surface area contributed by atoms with Crippen molar-refractivity contribution in [2.45, 2.75) is 31.8 Å². The van der Waals surface area contributed by atoms with Gasteiger partial charge >= 0.3 is 5.97 Å². The van der Waals surface area contributed by atoms with Gasteiger partial charge in [-0.15, -0.1) is 0 Å². The molecule has 0 fully saturated rings. The predicted octanol–water partition coefficient (Wildman–Crippen LogP) is 3.46. The smallest absolute Gasteiger partial charge is 0.339 e. The van der Waals surface area contributed by atoms with Crippen molar-refractivity contribution < 1.29 is 27.7 Å². The Hall–Kier alpha value is -3.02. The van der Waals surface area contributed by atoms with Gasteiger partial charge in [0.25, 0.3) is 11.6 Å². The third-order valence-electron chi connectivity index (χ3n) is 4.48. The lowest BCUT2D eigenvalue weighted by Crippen LogP contribution is -2.31. The van der Waals surface area contributed by atoms with Crippen LogP contribution in [-0.4, -0.2) is 48.7 Å². The summed E-state index contributed by atoms with van der Waals surface area (Å²) in [6.45, 7) is 5.25. The molecular formula is C20H22ClN3O7S. The van der Waals surface area contributed by atoms with Crippen molar-refractivity contribution in [1.82, 2.24) is 4.31 Å². The maximum Gasteiger partial charge on any atom is 0.339 e. The lowest BCUT2D eigenvalue weighted by atomic mass is 10.2. The molecule has 0 spiro atoms. The first kappa shape index (κ1) is 25.2. The van der Waals surface area contributed by atoms with E-state index < -0.39 is 32.9 Å². The van der Waals surface area contributed by atoms with Crippen molar-refractivity contribution in [1.29, 1.82) is 0 Å². The van der Waals surface area contributed by atoms with Crippen LogP contribution in [0.4, 0.5) is 11.4 Å². The highest BCUT2D eigenvalue weighted by Gasteiger charge is 2.25. The molecule has 12 heteroatoms. The van der Waals surface area contributed by atoms with Gasteiger partial charge in [0.05, 0.1) is 26.1 Å². The molecule has 32 heavy (non-hydrogen) atoms. The zero-order valence-electron chi connectivity index (χ0n) is 17.6. The first-order valence-electron chi connectivity index (χ1n) is 9.57. The molecule has 0 radical (unpaired) electrons. The maximum absolute atomic E-state index is 12.7. The van der Waals surface area contributed by atoms with Gasteiger partial charge in [-0.3, -0.25) is 14.9 Å². The predicted molar refractivity (Wildman–Crippen MR) is 118 cm³/mol. The van der Waals surface area contributed by atoms with Crippen LogP contribution in [0.1, 0.15) is 31.1 Å². The second-order valence-corrected chi connectivity index (χ2v) is 8.92. The molecule has 2 aromatic carbocycles. The average Bonchev–Trinajstić information content (AvgIpc) is 2.75. The van der Waals surface area contributed by atoms with Crippen LogP contribution in [-0.2, 0) is 19.6 Å². The standard InChI is InChI=1S/C20H22ClN3O7S/c1-4-23(5-2)32(29,30)16-9-10-17(21)18(12-16)22-19(25)13(3)31-20(26)14-7-6-8-15(11-14)24(27)28/h6-13H,4-5H2,1-3H3,(H,22,25). The van der Waals surface area contributed by atoms with E-state index in [1.54, 1.807) is 13.8 Å². The number of sulfonamides is 1. The highest BCUT2D eigenvalue weighted by atomic mass is 35.5. The molecule has 0 aromatic heterocycles. The third-order valence-corrected chi connectivity index (χ3v) is 6.86. The molecule has 1 N–H and O–H groups in total. The van der Waals surface area contributed by atoms with E-state index in [1.807, 2.05) is 0 Å². The van der Waals surface area contributed by atoms with Crippen LogP contribution in [0.2, 0.25) is 5.02 Å². The summed E-state index contributed by atoms with van der Waals surface area (Å²) >= 11 is 6.10. The summed E-state index contributed by atoms with van der Waals surface area (Å²) in [5.74, 6) is -1.69. The Morgan fingerprint density at radius 2 is 1.84 bits per heavy atom. The van der Waals surface area contributed by atoms with E-state index in [-0.39, 0.29) is 39.9 Å². The van der Waals surface area contributed by atoms with Gasteiger partial charge in [0.2, 0.25) is 10.0 Å². The lowest BCUT2D eigenvalue weighted by Gasteiger charge is -2.19. The Kier molecular flexibility index (Phi) is 8.31. The molecule has 0 saturated heterocycles. The van der Waals surface area contributed by atoms with E-state index in [0.29, 0.717) is 0 Å². The molecule has 2 aromatic rings. The average molecular weight is 484 g/mol. The van der Waals surface area contributed by atoms with Crippen LogP contribution in [0.15, 0.2) is 47.4 Å². The molecule has 10 nitrogen and oxygen atoms in total. The van der Waals surface area contributed by atoms with Gasteiger partial charge in [-0.05, 0) is 31.2 Å². The number of amides is 1. The number of nitrogens with zero attached hydrogens (tertiary/aromatic N) is 2. The number of rotatable bonds is 9. The van der Waals surface area contributed by atoms with Crippen molar-refractivity contribution in [3.63, 3.8) is 0 Å². The number of hydrogen-bond donors (Lipinski definition) is 1. The highest BCUT2D eigenvalue weighted by molar-refractivity contribution is 7.89. The SMILES string of the molecule is CCN(CC)S(=O)(=O)c1ccc(Cl)c(NC(=O)C(C)OC(=O)c2cccc([N+](=O)[O-])c2)c1. The van der Waals surface area contributed by atoms with Crippen molar-refractivity contribution in [2.75, 3.05) is 18.4 Å². The Morgan fingerprint density at radius 1 is 1.19 bits per heavy atom. The van der Waals surface area contributed by atoms with Gasteiger partial charge in [-0.1, -0.05) is 31.5 Å². The number of benzene rings is 2. The van der Waals surface area contributed by atoms with Gasteiger partial charge in [-0.25, -0.2) is 13.2 Å². The fourth-order valence-electron chi connectivity index (χ4n) is 2.74. The molecule has 0 aliphatic rings. The van der Waals surface area contributed by atoms with Crippen LogP contribution >= 0.6 is 11.6 Å². The van der Waals surface area contributed by atoms with Gasteiger partial charge in [0.15, 0.2) is 6.10 Å². The van der Waals surface area contributed by atoms with Crippen LogP contribution in [0.3, 0.4) is 0 Å². The van der Waals surface area contributed by atoms with Crippen molar-refractivity contribution in [3.8, 4) is 0 Å². The quantitative estimate of drug-likeness (QED) is 0.327. The molecule has 0 aliphatic carbocycles. The fraction of sp³-hybridized carbons (Fsp3) is 0.300. The number of hydrogen-bond acceptors (Lipinski definition) is 7. The van der Waals surface area contributed by atoms with Crippen molar-refractivity contribution in [3.05, 3.63) is 63.2 Å². The summed E-state index contributed by atoms with van der Waals surface area (Å²) in [5, 5.41) is 13.4. The molecule has 0 aliphatic heterocycles. The second kappa shape index (κ2) is 10.5. The van der Waals surface area contributed by atoms with Gasteiger partial charge in [-0.2, -0.15) is 4.31 Å². The molecular weight excluding hydrogens is 462 g/mol. The highest BCUT2D eigenvalue weighted by Crippen LogP contribution is 2.27. The molecule has 1 atom stereocenters. The number of non-ortho nitro benzene ring substituents is 1. The number of carbonyl (C=O) groups is 2. The largest absolute Gasteiger partial charge is 0.449 e. The molecule has 0 saturated carbocycles. The van der Waals surface area contributed by atoms with Crippen molar-refractivity contribution >= 4 is 44.9 Å². The summed E-state index contributed by atoms with van der Waals surface area (Å²) in [7, 11) is -3.78. The lowest BCUT2D eigenvalue weighted by molar-refractivity contribution is -0.384. The Balaban J connectivity index is 2.17. The topological polar surface area (TPSA) is 136 Å². The summed E-state index contributed by atoms with van der Waals surface area (Å²) in [5.41, 5.74) is -0.359. The van der Waals surface area contributed by atoms with Crippen LogP contribution in [0.5, 0.6) is 0 Å². The first-order chi connectivity index (χ1) is 15.0. The normalized spacial score (nSPS) is 12.3. The molecule has 0 bridgehead atoms. The van der Waals surface area contributed by atoms with Gasteiger partial charge < -0.3 is 10.1 Å². The Labute approximate surface area is 190 Å². The summed E-state index contributed by atoms with van der Waals surface area (Å²) in [4.78, 5) is 34.9. The van der Waals surface area contributed by atoms with E-state index in [9.17, 15) is 28.1 Å². The zero-order chi connectivity index (χ0) is 24.1.